The van der Waals surface area contributed by atoms with E-state index in [4.69, 9.17) is 4.74 Å². The summed E-state index contributed by atoms with van der Waals surface area (Å²) >= 11 is 3.33. The Bertz CT molecular complexity index is 1130. The van der Waals surface area contributed by atoms with Crippen LogP contribution in [0.1, 0.15) is 23.0 Å². The highest BCUT2D eigenvalue weighted by atomic mass is 79.9. The molecule has 0 saturated heterocycles. The van der Waals surface area contributed by atoms with Gasteiger partial charge in [-0.3, -0.25) is 9.59 Å². The Labute approximate surface area is 179 Å². The van der Waals surface area contributed by atoms with Gasteiger partial charge in [0.15, 0.2) is 5.69 Å². The minimum atomic E-state index is -0.799. The second-order valence-electron chi connectivity index (χ2n) is 6.20. The van der Waals surface area contributed by atoms with Crippen molar-refractivity contribution >= 4 is 33.5 Å². The van der Waals surface area contributed by atoms with Crippen molar-refractivity contribution in [1.29, 1.82) is 0 Å². The standard InChI is InChI=1S/C21H17BrFN3O4/c1-2-30-21(29)20-17(24-18(27)11-13-3-5-14(22)6-4-13)12-19(28)26(25-20)16-9-7-15(23)8-10-16/h3-10,12H,2,11H2,1H3,(H,24,27). The average molecular weight is 474 g/mol. The van der Waals surface area contributed by atoms with E-state index in [1.54, 1.807) is 31.2 Å². The normalized spacial score (nSPS) is 10.5. The van der Waals surface area contributed by atoms with E-state index in [1.165, 1.54) is 24.3 Å². The number of nitrogens with zero attached hydrogens (tertiary/aromatic N) is 2. The summed E-state index contributed by atoms with van der Waals surface area (Å²) in [5.74, 6) is -1.70. The molecule has 1 heterocycles. The van der Waals surface area contributed by atoms with Crippen LogP contribution >= 0.6 is 15.9 Å². The molecule has 3 aromatic rings. The maximum absolute atomic E-state index is 13.2. The van der Waals surface area contributed by atoms with Gasteiger partial charge in [0, 0.05) is 10.5 Å². The maximum atomic E-state index is 13.2. The van der Waals surface area contributed by atoms with Crippen LogP contribution in [-0.4, -0.2) is 28.3 Å². The number of rotatable bonds is 6. The fourth-order valence-electron chi connectivity index (χ4n) is 2.65. The molecule has 0 fully saturated rings. The van der Waals surface area contributed by atoms with Crippen LogP contribution in [-0.2, 0) is 16.0 Å². The number of anilines is 1. The van der Waals surface area contributed by atoms with E-state index >= 15 is 0 Å². The Morgan fingerprint density at radius 2 is 1.80 bits per heavy atom. The molecular formula is C21H17BrFN3O4. The molecule has 154 valence electrons. The van der Waals surface area contributed by atoms with E-state index in [1.807, 2.05) is 0 Å². The Morgan fingerprint density at radius 3 is 2.43 bits per heavy atom. The molecule has 1 aromatic heterocycles. The number of esters is 1. The molecule has 30 heavy (non-hydrogen) atoms. The molecule has 3 rings (SSSR count). The predicted octanol–water partition coefficient (Wildman–Crippen LogP) is 3.49. The number of hydrogen-bond acceptors (Lipinski definition) is 5. The second kappa shape index (κ2) is 9.45. The largest absolute Gasteiger partial charge is 0.461 e. The van der Waals surface area contributed by atoms with Crippen LogP contribution in [0.5, 0.6) is 0 Å². The Balaban J connectivity index is 1.94. The van der Waals surface area contributed by atoms with Crippen LogP contribution < -0.4 is 10.9 Å². The zero-order valence-corrected chi connectivity index (χ0v) is 17.5. The number of carbonyl (C=O) groups is 2. The molecule has 0 radical (unpaired) electrons. The van der Waals surface area contributed by atoms with E-state index in [9.17, 15) is 18.8 Å². The van der Waals surface area contributed by atoms with Crippen molar-refractivity contribution in [2.45, 2.75) is 13.3 Å². The van der Waals surface area contributed by atoms with Gasteiger partial charge in [-0.15, -0.1) is 0 Å². The first kappa shape index (κ1) is 21.4. The molecule has 0 aliphatic carbocycles. The highest BCUT2D eigenvalue weighted by Gasteiger charge is 2.20. The summed E-state index contributed by atoms with van der Waals surface area (Å²) in [7, 11) is 0. The molecule has 2 aromatic carbocycles. The fourth-order valence-corrected chi connectivity index (χ4v) is 2.92. The van der Waals surface area contributed by atoms with Crippen molar-refractivity contribution in [3.63, 3.8) is 0 Å². The molecule has 0 unspecified atom stereocenters. The molecular weight excluding hydrogens is 457 g/mol. The molecule has 0 aliphatic rings. The van der Waals surface area contributed by atoms with Crippen molar-refractivity contribution in [2.75, 3.05) is 11.9 Å². The zero-order chi connectivity index (χ0) is 21.7. The van der Waals surface area contributed by atoms with Gasteiger partial charge in [-0.1, -0.05) is 28.1 Å². The number of ether oxygens (including phenoxy) is 1. The molecule has 0 aliphatic heterocycles. The van der Waals surface area contributed by atoms with Crippen molar-refractivity contribution in [3.8, 4) is 5.69 Å². The zero-order valence-electron chi connectivity index (χ0n) is 15.9. The van der Waals surface area contributed by atoms with Gasteiger partial charge in [-0.2, -0.15) is 9.78 Å². The lowest BCUT2D eigenvalue weighted by atomic mass is 10.1. The topological polar surface area (TPSA) is 90.3 Å². The number of nitrogens with one attached hydrogen (secondary N) is 1. The van der Waals surface area contributed by atoms with E-state index in [0.717, 1.165) is 20.8 Å². The summed E-state index contributed by atoms with van der Waals surface area (Å²) in [4.78, 5) is 37.4. The number of carbonyl (C=O) groups excluding carboxylic acids is 2. The van der Waals surface area contributed by atoms with Crippen molar-refractivity contribution in [2.24, 2.45) is 0 Å². The first-order valence-electron chi connectivity index (χ1n) is 8.99. The summed E-state index contributed by atoms with van der Waals surface area (Å²) < 4.78 is 20.0. The van der Waals surface area contributed by atoms with Crippen LogP contribution in [0.3, 0.4) is 0 Å². The smallest absolute Gasteiger partial charge is 0.360 e. The van der Waals surface area contributed by atoms with E-state index in [-0.39, 0.29) is 30.1 Å². The molecule has 1 amide bonds. The van der Waals surface area contributed by atoms with Crippen LogP contribution in [0, 0.1) is 5.82 Å². The maximum Gasteiger partial charge on any atom is 0.360 e. The molecule has 1 N–H and O–H groups in total. The monoisotopic (exact) mass is 473 g/mol. The molecule has 0 atom stereocenters. The van der Waals surface area contributed by atoms with Crippen LogP contribution in [0.25, 0.3) is 5.69 Å². The third-order valence-electron chi connectivity index (χ3n) is 4.02. The van der Waals surface area contributed by atoms with Crippen molar-refractivity contribution < 1.29 is 18.7 Å². The van der Waals surface area contributed by atoms with Gasteiger partial charge in [-0.25, -0.2) is 9.18 Å². The van der Waals surface area contributed by atoms with Gasteiger partial charge >= 0.3 is 5.97 Å². The quantitative estimate of drug-likeness (QED) is 0.553. The van der Waals surface area contributed by atoms with E-state index < -0.39 is 23.3 Å². The minimum Gasteiger partial charge on any atom is -0.461 e. The van der Waals surface area contributed by atoms with E-state index in [0.29, 0.717) is 0 Å². The average Bonchev–Trinajstić information content (AvgIpc) is 2.71. The second-order valence-corrected chi connectivity index (χ2v) is 7.12. The Morgan fingerprint density at radius 1 is 1.13 bits per heavy atom. The molecule has 9 heteroatoms. The Hall–Kier alpha value is -3.33. The molecule has 0 bridgehead atoms. The highest BCUT2D eigenvalue weighted by Crippen LogP contribution is 2.16. The summed E-state index contributed by atoms with van der Waals surface area (Å²) in [6.07, 6.45) is 0.0383. The van der Waals surface area contributed by atoms with Crippen LogP contribution in [0.4, 0.5) is 10.1 Å². The third kappa shape index (κ3) is 5.18. The first-order valence-corrected chi connectivity index (χ1v) is 9.78. The van der Waals surface area contributed by atoms with Gasteiger partial charge in [-0.05, 0) is 48.9 Å². The Kier molecular flexibility index (Phi) is 6.73. The van der Waals surface area contributed by atoms with Crippen molar-refractivity contribution in [3.05, 3.63) is 86.5 Å². The van der Waals surface area contributed by atoms with Gasteiger partial charge in [0.1, 0.15) is 5.82 Å². The SMILES string of the molecule is CCOC(=O)c1nn(-c2ccc(F)cc2)c(=O)cc1NC(=O)Cc1ccc(Br)cc1. The van der Waals surface area contributed by atoms with E-state index in [2.05, 4.69) is 26.3 Å². The van der Waals surface area contributed by atoms with Crippen molar-refractivity contribution in [1.82, 2.24) is 9.78 Å². The highest BCUT2D eigenvalue weighted by molar-refractivity contribution is 9.10. The minimum absolute atomic E-state index is 0.0383. The van der Waals surface area contributed by atoms with Gasteiger partial charge in [0.25, 0.3) is 5.56 Å². The summed E-state index contributed by atoms with van der Waals surface area (Å²) in [6, 6.07) is 13.3. The summed E-state index contributed by atoms with van der Waals surface area (Å²) in [5.41, 5.74) is 0.123. The number of aromatic nitrogens is 2. The predicted molar refractivity (Wildman–Crippen MR) is 112 cm³/mol. The third-order valence-corrected chi connectivity index (χ3v) is 4.55. The van der Waals surface area contributed by atoms with Gasteiger partial charge in [0.2, 0.25) is 5.91 Å². The fraction of sp³-hybridized carbons (Fsp3) is 0.143. The number of hydrogen-bond donors (Lipinski definition) is 1. The molecule has 0 spiro atoms. The van der Waals surface area contributed by atoms with Gasteiger partial charge < -0.3 is 10.1 Å². The summed E-state index contributed by atoms with van der Waals surface area (Å²) in [6.45, 7) is 1.71. The van der Waals surface area contributed by atoms with Crippen LogP contribution in [0.2, 0.25) is 0 Å². The lowest BCUT2D eigenvalue weighted by Crippen LogP contribution is -2.27. The molecule has 7 nitrogen and oxygen atoms in total. The lowest BCUT2D eigenvalue weighted by molar-refractivity contribution is -0.115. The lowest BCUT2D eigenvalue weighted by Gasteiger charge is -2.12. The summed E-state index contributed by atoms with van der Waals surface area (Å²) in [5, 5.41) is 6.60. The number of halogens is 2. The van der Waals surface area contributed by atoms with Crippen LogP contribution in [0.15, 0.2) is 63.9 Å². The number of amides is 1. The molecule has 0 saturated carbocycles. The first-order chi connectivity index (χ1) is 14.4. The van der Waals surface area contributed by atoms with Gasteiger partial charge in [0.05, 0.1) is 24.4 Å². The number of benzene rings is 2.